The maximum absolute atomic E-state index is 12.1. The van der Waals surface area contributed by atoms with E-state index >= 15 is 0 Å². The van der Waals surface area contributed by atoms with Crippen molar-refractivity contribution in [3.63, 3.8) is 0 Å². The van der Waals surface area contributed by atoms with Crippen molar-refractivity contribution < 1.29 is 4.79 Å². The van der Waals surface area contributed by atoms with Gasteiger partial charge in [0.05, 0.1) is 16.5 Å². The molecule has 2 amide bonds. The van der Waals surface area contributed by atoms with Gasteiger partial charge >= 0.3 is 6.03 Å². The molecule has 4 N–H and O–H groups in total. The number of amides is 2. The monoisotopic (exact) mass is 302 g/mol. The average molecular weight is 302 g/mol. The average Bonchev–Trinajstić information content (AvgIpc) is 2.52. The number of aromatic amines is 2. The van der Waals surface area contributed by atoms with Gasteiger partial charge in [-0.3, -0.25) is 19.8 Å². The Morgan fingerprint density at radius 1 is 1.05 bits per heavy atom. The largest absolute Gasteiger partial charge is 0.335 e. The van der Waals surface area contributed by atoms with Crippen LogP contribution in [0.3, 0.4) is 0 Å². The Hall–Kier alpha value is -2.57. The van der Waals surface area contributed by atoms with Crippen LogP contribution < -0.4 is 21.8 Å². The van der Waals surface area contributed by atoms with Crippen molar-refractivity contribution in [1.82, 2.24) is 15.5 Å². The Kier molecular flexibility index (Phi) is 3.95. The van der Waals surface area contributed by atoms with Crippen LogP contribution in [0.5, 0.6) is 0 Å². The van der Waals surface area contributed by atoms with Crippen LogP contribution in [0.15, 0.2) is 27.8 Å². The first kappa shape index (κ1) is 14.4. The van der Waals surface area contributed by atoms with Crippen molar-refractivity contribution in [2.75, 3.05) is 5.32 Å². The van der Waals surface area contributed by atoms with Crippen molar-refractivity contribution in [2.24, 2.45) is 0 Å². The van der Waals surface area contributed by atoms with Gasteiger partial charge < -0.3 is 10.6 Å². The van der Waals surface area contributed by atoms with E-state index in [2.05, 4.69) is 20.8 Å². The Labute approximate surface area is 126 Å². The number of urea groups is 1. The summed E-state index contributed by atoms with van der Waals surface area (Å²) in [7, 11) is 0. The Morgan fingerprint density at radius 2 is 1.77 bits per heavy atom. The van der Waals surface area contributed by atoms with Crippen LogP contribution in [0.4, 0.5) is 10.5 Å². The topological polar surface area (TPSA) is 107 Å². The highest BCUT2D eigenvalue weighted by Gasteiger charge is 2.16. The van der Waals surface area contributed by atoms with E-state index in [1.165, 1.54) is 6.42 Å². The van der Waals surface area contributed by atoms with Gasteiger partial charge in [0.1, 0.15) is 0 Å². The second-order valence-corrected chi connectivity index (χ2v) is 5.57. The number of rotatable bonds is 2. The molecule has 0 saturated heterocycles. The molecule has 22 heavy (non-hydrogen) atoms. The number of anilines is 1. The Bertz CT molecular complexity index is 802. The minimum absolute atomic E-state index is 0.172. The van der Waals surface area contributed by atoms with Gasteiger partial charge in [0.25, 0.3) is 11.1 Å². The first-order chi connectivity index (χ1) is 10.6. The molecule has 1 aliphatic carbocycles. The van der Waals surface area contributed by atoms with Gasteiger partial charge in [-0.15, -0.1) is 0 Å². The fraction of sp³-hybridized carbons (Fsp3) is 0.400. The summed E-state index contributed by atoms with van der Waals surface area (Å²) >= 11 is 0. The molecule has 116 valence electrons. The highest BCUT2D eigenvalue weighted by Crippen LogP contribution is 2.19. The summed E-state index contributed by atoms with van der Waals surface area (Å²) < 4.78 is 0. The fourth-order valence-corrected chi connectivity index (χ4v) is 2.92. The molecule has 0 radical (unpaired) electrons. The van der Waals surface area contributed by atoms with Crippen molar-refractivity contribution in [1.29, 1.82) is 0 Å². The number of H-pyrrole nitrogens is 2. The fourth-order valence-electron chi connectivity index (χ4n) is 2.92. The van der Waals surface area contributed by atoms with E-state index < -0.39 is 11.1 Å². The van der Waals surface area contributed by atoms with Gasteiger partial charge in [0, 0.05) is 6.04 Å². The van der Waals surface area contributed by atoms with Crippen LogP contribution >= 0.6 is 0 Å². The Balaban J connectivity index is 1.84. The lowest BCUT2D eigenvalue weighted by Gasteiger charge is -2.23. The third-order valence-corrected chi connectivity index (χ3v) is 4.01. The summed E-state index contributed by atoms with van der Waals surface area (Å²) in [5, 5.41) is 10.6. The molecule has 1 aromatic heterocycles. The molecule has 0 unspecified atom stereocenters. The highest BCUT2D eigenvalue weighted by atomic mass is 16.2. The van der Waals surface area contributed by atoms with Crippen molar-refractivity contribution in [2.45, 2.75) is 38.1 Å². The Morgan fingerprint density at radius 3 is 2.55 bits per heavy atom. The predicted octanol–water partition coefficient (Wildman–Crippen LogP) is 1.67. The SMILES string of the molecule is O=C(Nc1cccc2c(=O)[nH][nH]c(=O)c12)NC1CCCCC1. The van der Waals surface area contributed by atoms with Crippen LogP contribution in [0.25, 0.3) is 10.8 Å². The molecule has 2 aromatic rings. The number of fused-ring (bicyclic) bond motifs is 1. The molecule has 0 bridgehead atoms. The quantitative estimate of drug-likeness (QED) is 0.677. The zero-order valence-electron chi connectivity index (χ0n) is 12.1. The maximum Gasteiger partial charge on any atom is 0.319 e. The van der Waals surface area contributed by atoms with Crippen LogP contribution in [-0.2, 0) is 0 Å². The molecule has 7 nitrogen and oxygen atoms in total. The normalized spacial score (nSPS) is 15.6. The highest BCUT2D eigenvalue weighted by molar-refractivity contribution is 6.00. The number of carbonyl (C=O) groups excluding carboxylic acids is 1. The van der Waals surface area contributed by atoms with Crippen molar-refractivity contribution in [3.8, 4) is 0 Å². The summed E-state index contributed by atoms with van der Waals surface area (Å²) in [5.74, 6) is 0. The van der Waals surface area contributed by atoms with E-state index in [-0.39, 0.29) is 22.8 Å². The predicted molar refractivity (Wildman–Crippen MR) is 84.2 cm³/mol. The smallest absolute Gasteiger partial charge is 0.319 e. The van der Waals surface area contributed by atoms with Crippen LogP contribution in [-0.4, -0.2) is 22.3 Å². The summed E-state index contributed by atoms with van der Waals surface area (Å²) in [5.41, 5.74) is -0.507. The molecule has 1 saturated carbocycles. The molecule has 7 heteroatoms. The zero-order valence-corrected chi connectivity index (χ0v) is 12.1. The van der Waals surface area contributed by atoms with Crippen LogP contribution in [0, 0.1) is 0 Å². The van der Waals surface area contributed by atoms with Gasteiger partial charge in [-0.05, 0) is 25.0 Å². The zero-order chi connectivity index (χ0) is 15.5. The minimum atomic E-state index is -0.442. The molecular weight excluding hydrogens is 284 g/mol. The van der Waals surface area contributed by atoms with Crippen LogP contribution in [0.1, 0.15) is 32.1 Å². The van der Waals surface area contributed by atoms with E-state index in [4.69, 9.17) is 0 Å². The van der Waals surface area contributed by atoms with Gasteiger partial charge in [-0.2, -0.15) is 0 Å². The molecule has 1 aliphatic rings. The molecule has 1 aromatic carbocycles. The summed E-state index contributed by atoms with van der Waals surface area (Å²) in [6.45, 7) is 0. The number of hydrogen-bond donors (Lipinski definition) is 4. The second kappa shape index (κ2) is 6.05. The summed E-state index contributed by atoms with van der Waals surface area (Å²) in [4.78, 5) is 35.8. The number of benzene rings is 1. The van der Waals surface area contributed by atoms with E-state index in [1.54, 1.807) is 18.2 Å². The molecule has 1 heterocycles. The molecule has 0 atom stereocenters. The van der Waals surface area contributed by atoms with E-state index in [1.807, 2.05) is 0 Å². The first-order valence-corrected chi connectivity index (χ1v) is 7.46. The van der Waals surface area contributed by atoms with Gasteiger partial charge in [0.2, 0.25) is 0 Å². The molecular formula is C15H18N4O3. The lowest BCUT2D eigenvalue weighted by molar-refractivity contribution is 0.244. The number of carbonyl (C=O) groups is 1. The van der Waals surface area contributed by atoms with E-state index in [9.17, 15) is 14.4 Å². The second-order valence-electron chi connectivity index (χ2n) is 5.57. The number of aromatic nitrogens is 2. The summed E-state index contributed by atoms with van der Waals surface area (Å²) in [6, 6.07) is 4.61. The van der Waals surface area contributed by atoms with Gasteiger partial charge in [-0.1, -0.05) is 25.3 Å². The molecule has 0 spiro atoms. The lowest BCUT2D eigenvalue weighted by Crippen LogP contribution is -2.39. The standard InChI is InChI=1S/C15H18N4O3/c20-13-10-7-4-8-11(12(10)14(21)19-18-13)17-15(22)16-9-5-2-1-3-6-9/h4,7-9H,1-3,5-6H2,(H,18,20)(H,19,21)(H2,16,17,22). The molecule has 0 aliphatic heterocycles. The lowest BCUT2D eigenvalue weighted by atomic mass is 9.96. The van der Waals surface area contributed by atoms with Crippen molar-refractivity contribution in [3.05, 3.63) is 38.9 Å². The third kappa shape index (κ3) is 2.88. The summed E-state index contributed by atoms with van der Waals surface area (Å²) in [6.07, 6.45) is 5.40. The minimum Gasteiger partial charge on any atom is -0.335 e. The van der Waals surface area contributed by atoms with Gasteiger partial charge in [-0.25, -0.2) is 4.79 Å². The van der Waals surface area contributed by atoms with E-state index in [0.29, 0.717) is 5.69 Å². The van der Waals surface area contributed by atoms with Gasteiger partial charge in [0.15, 0.2) is 0 Å². The third-order valence-electron chi connectivity index (χ3n) is 4.01. The number of nitrogens with one attached hydrogen (secondary N) is 4. The number of hydrogen-bond acceptors (Lipinski definition) is 3. The maximum atomic E-state index is 12.1. The van der Waals surface area contributed by atoms with Crippen molar-refractivity contribution >= 4 is 22.5 Å². The molecule has 3 rings (SSSR count). The first-order valence-electron chi connectivity index (χ1n) is 7.46. The molecule has 1 fully saturated rings. The van der Waals surface area contributed by atoms with Crippen LogP contribution in [0.2, 0.25) is 0 Å². The van der Waals surface area contributed by atoms with E-state index in [0.717, 1.165) is 25.7 Å².